The lowest BCUT2D eigenvalue weighted by molar-refractivity contribution is -0.117. The van der Waals surface area contributed by atoms with E-state index in [2.05, 4.69) is 0 Å². The Balaban J connectivity index is 2.59. The third kappa shape index (κ3) is 4.68. The summed E-state index contributed by atoms with van der Waals surface area (Å²) in [5, 5.41) is 0. The molecule has 0 aromatic carbocycles. The van der Waals surface area contributed by atoms with Gasteiger partial charge in [-0.3, -0.25) is 9.36 Å². The summed E-state index contributed by atoms with van der Waals surface area (Å²) in [6, 6.07) is 0. The van der Waals surface area contributed by atoms with Gasteiger partial charge in [0.15, 0.2) is 0 Å². The highest BCUT2D eigenvalue weighted by Gasteiger charge is 2.27. The number of hydrogen-bond donors (Lipinski definition) is 0. The van der Waals surface area contributed by atoms with E-state index in [0.29, 0.717) is 37.8 Å². The van der Waals surface area contributed by atoms with Gasteiger partial charge in [0, 0.05) is 18.7 Å². The maximum Gasteiger partial charge on any atom is 0.353 e. The van der Waals surface area contributed by atoms with Crippen molar-refractivity contribution >= 4 is 13.4 Å². The number of hydrogen-bond acceptors (Lipinski definition) is 4. The first-order valence-corrected chi connectivity index (χ1v) is 8.21. The van der Waals surface area contributed by atoms with Gasteiger partial charge in [-0.1, -0.05) is 13.0 Å². The van der Waals surface area contributed by atoms with Gasteiger partial charge in [0.25, 0.3) is 0 Å². The van der Waals surface area contributed by atoms with Crippen LogP contribution in [-0.2, 0) is 18.4 Å². The van der Waals surface area contributed by atoms with E-state index in [1.54, 1.807) is 19.7 Å². The van der Waals surface area contributed by atoms with Gasteiger partial charge in [-0.2, -0.15) is 0 Å². The number of carbonyl (C=O) groups excluding carboxylic acids is 1. The fraction of sp³-hybridized carbons (Fsp3) is 0.769. The quantitative estimate of drug-likeness (QED) is 0.663. The Kier molecular flexibility index (Phi) is 6.27. The zero-order valence-electron chi connectivity index (χ0n) is 11.4. The third-order valence-electron chi connectivity index (χ3n) is 3.22. The number of carbonyl (C=O) groups is 1. The maximum atomic E-state index is 12.2. The van der Waals surface area contributed by atoms with Crippen molar-refractivity contribution in [3.05, 3.63) is 11.9 Å². The van der Waals surface area contributed by atoms with Crippen molar-refractivity contribution in [3.8, 4) is 0 Å². The van der Waals surface area contributed by atoms with E-state index in [9.17, 15) is 9.36 Å². The molecule has 0 radical (unpaired) electrons. The van der Waals surface area contributed by atoms with Crippen LogP contribution in [-0.4, -0.2) is 19.0 Å². The van der Waals surface area contributed by atoms with Crippen LogP contribution in [0.2, 0.25) is 0 Å². The SMILES string of the molecule is CCOP(=O)(/C=C/[C@@H](C)[C@H]1CCC(=O)C1)OCC. The molecule has 1 aliphatic carbocycles. The molecular weight excluding hydrogens is 251 g/mol. The van der Waals surface area contributed by atoms with Crippen LogP contribution in [0.3, 0.4) is 0 Å². The molecule has 0 aromatic heterocycles. The molecule has 5 heteroatoms. The Morgan fingerprint density at radius 3 is 2.44 bits per heavy atom. The molecule has 1 saturated carbocycles. The first-order valence-electron chi connectivity index (χ1n) is 6.60. The fourth-order valence-electron chi connectivity index (χ4n) is 2.17. The van der Waals surface area contributed by atoms with Crippen LogP contribution in [0.4, 0.5) is 0 Å². The van der Waals surface area contributed by atoms with Crippen molar-refractivity contribution in [2.75, 3.05) is 13.2 Å². The maximum absolute atomic E-state index is 12.2. The monoisotopic (exact) mass is 274 g/mol. The molecular formula is C13H23O4P. The standard InChI is InChI=1S/C13H23O4P/c1-4-16-18(15,17-5-2)9-8-11(3)12-6-7-13(14)10-12/h8-9,11-12H,4-7,10H2,1-3H3/b9-8+/t11-,12+/m1/s1. The van der Waals surface area contributed by atoms with Gasteiger partial charge in [0.1, 0.15) is 5.78 Å². The molecule has 0 aliphatic heterocycles. The minimum Gasteiger partial charge on any atom is -0.306 e. The van der Waals surface area contributed by atoms with E-state index in [0.717, 1.165) is 6.42 Å². The van der Waals surface area contributed by atoms with Gasteiger partial charge in [0.2, 0.25) is 0 Å². The molecule has 0 unspecified atom stereocenters. The molecule has 2 atom stereocenters. The van der Waals surface area contributed by atoms with E-state index < -0.39 is 7.60 Å². The van der Waals surface area contributed by atoms with Crippen molar-refractivity contribution in [2.45, 2.75) is 40.0 Å². The summed E-state index contributed by atoms with van der Waals surface area (Å²) in [5.41, 5.74) is 0. The summed E-state index contributed by atoms with van der Waals surface area (Å²) >= 11 is 0. The molecule has 4 nitrogen and oxygen atoms in total. The van der Waals surface area contributed by atoms with Gasteiger partial charge in [0.05, 0.1) is 13.2 Å². The summed E-state index contributed by atoms with van der Waals surface area (Å²) in [5.74, 6) is 2.47. The molecule has 0 spiro atoms. The molecule has 18 heavy (non-hydrogen) atoms. The first kappa shape index (κ1) is 15.6. The van der Waals surface area contributed by atoms with E-state index in [-0.39, 0.29) is 5.92 Å². The summed E-state index contributed by atoms with van der Waals surface area (Å²) in [6.07, 6.45) is 4.11. The second-order valence-electron chi connectivity index (χ2n) is 4.62. The molecule has 1 aliphatic rings. The van der Waals surface area contributed by atoms with Gasteiger partial charge in [-0.15, -0.1) is 0 Å². The predicted octanol–water partition coefficient (Wildman–Crippen LogP) is 3.77. The summed E-state index contributed by atoms with van der Waals surface area (Å²) in [6.45, 7) is 6.34. The van der Waals surface area contributed by atoms with Crippen molar-refractivity contribution in [2.24, 2.45) is 11.8 Å². The smallest absolute Gasteiger partial charge is 0.306 e. The lowest BCUT2D eigenvalue weighted by atomic mass is 9.93. The lowest BCUT2D eigenvalue weighted by Crippen LogP contribution is -2.05. The Bertz CT molecular complexity index is 341. The number of allylic oxidation sites excluding steroid dienone is 1. The highest BCUT2D eigenvalue weighted by Crippen LogP contribution is 2.50. The van der Waals surface area contributed by atoms with E-state index >= 15 is 0 Å². The third-order valence-corrected chi connectivity index (χ3v) is 4.99. The van der Waals surface area contributed by atoms with E-state index in [1.165, 1.54) is 0 Å². The molecule has 0 heterocycles. The minimum absolute atomic E-state index is 0.227. The summed E-state index contributed by atoms with van der Waals surface area (Å²) in [4.78, 5) is 11.2. The second kappa shape index (κ2) is 7.22. The largest absolute Gasteiger partial charge is 0.353 e. The van der Waals surface area contributed by atoms with Gasteiger partial charge >= 0.3 is 7.60 Å². The Labute approximate surface area is 109 Å². The lowest BCUT2D eigenvalue weighted by Gasteiger charge is -2.16. The van der Waals surface area contributed by atoms with Gasteiger partial charge in [-0.25, -0.2) is 0 Å². The highest BCUT2D eigenvalue weighted by atomic mass is 31.2. The number of Topliss-reactive ketones (excluding diaryl/α,β-unsaturated/α-hetero) is 1. The van der Waals surface area contributed by atoms with Crippen molar-refractivity contribution in [1.29, 1.82) is 0 Å². The zero-order chi connectivity index (χ0) is 13.6. The van der Waals surface area contributed by atoms with E-state index in [1.807, 2.05) is 13.0 Å². The molecule has 1 rings (SSSR count). The van der Waals surface area contributed by atoms with Crippen LogP contribution < -0.4 is 0 Å². The van der Waals surface area contributed by atoms with Gasteiger partial charge < -0.3 is 9.05 Å². The second-order valence-corrected chi connectivity index (χ2v) is 6.51. The number of ketones is 1. The molecule has 0 N–H and O–H groups in total. The zero-order valence-corrected chi connectivity index (χ0v) is 12.3. The molecule has 1 fully saturated rings. The molecule has 104 valence electrons. The van der Waals surface area contributed by atoms with Crippen molar-refractivity contribution in [3.63, 3.8) is 0 Å². The Hall–Kier alpha value is -0.440. The van der Waals surface area contributed by atoms with E-state index in [4.69, 9.17) is 9.05 Å². The average molecular weight is 274 g/mol. The van der Waals surface area contributed by atoms with Crippen LogP contribution in [0.25, 0.3) is 0 Å². The van der Waals surface area contributed by atoms with Crippen LogP contribution in [0.15, 0.2) is 11.9 Å². The molecule has 0 amide bonds. The average Bonchev–Trinajstić information content (AvgIpc) is 2.74. The van der Waals surface area contributed by atoms with Gasteiger partial charge in [-0.05, 0) is 32.1 Å². The topological polar surface area (TPSA) is 52.6 Å². The van der Waals surface area contributed by atoms with Crippen molar-refractivity contribution in [1.82, 2.24) is 0 Å². The fourth-order valence-corrected chi connectivity index (χ4v) is 3.62. The van der Waals surface area contributed by atoms with Crippen LogP contribution in [0.1, 0.15) is 40.0 Å². The first-order chi connectivity index (χ1) is 8.50. The highest BCUT2D eigenvalue weighted by molar-refractivity contribution is 7.57. The summed E-state index contributed by atoms with van der Waals surface area (Å²) in [7, 11) is -3.09. The van der Waals surface area contributed by atoms with Crippen LogP contribution >= 0.6 is 7.60 Å². The Morgan fingerprint density at radius 1 is 1.39 bits per heavy atom. The molecule has 0 aromatic rings. The molecule has 0 bridgehead atoms. The van der Waals surface area contributed by atoms with Crippen LogP contribution in [0.5, 0.6) is 0 Å². The van der Waals surface area contributed by atoms with Crippen LogP contribution in [0, 0.1) is 11.8 Å². The predicted molar refractivity (Wildman–Crippen MR) is 71.5 cm³/mol. The van der Waals surface area contributed by atoms with Crippen molar-refractivity contribution < 1.29 is 18.4 Å². The number of rotatable bonds is 7. The summed E-state index contributed by atoms with van der Waals surface area (Å²) < 4.78 is 22.6. The Morgan fingerprint density at radius 2 is 2.00 bits per heavy atom. The molecule has 0 saturated heterocycles. The minimum atomic E-state index is -3.09. The normalized spacial score (nSPS) is 22.8.